The zero-order valence-electron chi connectivity index (χ0n) is 8.54. The molecule has 0 spiro atoms. The van der Waals surface area contributed by atoms with Crippen molar-refractivity contribution < 1.29 is 4.79 Å². The lowest BCUT2D eigenvalue weighted by Gasteiger charge is -1.99. The standard InChI is InChI=1S/C12H10N2OS/c15-12(11-8-13-6-7-14-11)9-16-10-4-2-1-3-5-10/h1-8H,9H2. The largest absolute Gasteiger partial charge is 0.291 e. The molecule has 0 bridgehead atoms. The van der Waals surface area contributed by atoms with Crippen LogP contribution in [0.1, 0.15) is 10.5 Å². The van der Waals surface area contributed by atoms with Crippen molar-refractivity contribution in [1.82, 2.24) is 9.97 Å². The predicted octanol–water partition coefficient (Wildman–Crippen LogP) is 2.45. The van der Waals surface area contributed by atoms with Crippen LogP contribution in [-0.4, -0.2) is 21.5 Å². The molecule has 1 aromatic heterocycles. The summed E-state index contributed by atoms with van der Waals surface area (Å²) in [5.41, 5.74) is 0.422. The van der Waals surface area contributed by atoms with Crippen LogP contribution in [0.25, 0.3) is 0 Å². The van der Waals surface area contributed by atoms with Crippen LogP contribution in [0.5, 0.6) is 0 Å². The van der Waals surface area contributed by atoms with Crippen molar-refractivity contribution in [3.05, 3.63) is 54.6 Å². The van der Waals surface area contributed by atoms with E-state index in [-0.39, 0.29) is 5.78 Å². The molecule has 0 radical (unpaired) electrons. The van der Waals surface area contributed by atoms with Gasteiger partial charge in [-0.25, -0.2) is 4.98 Å². The highest BCUT2D eigenvalue weighted by atomic mass is 32.2. The highest BCUT2D eigenvalue weighted by Crippen LogP contribution is 2.17. The number of thioether (sulfide) groups is 1. The second-order valence-corrected chi connectivity index (χ2v) is 4.16. The molecule has 2 aromatic rings. The fraction of sp³-hybridized carbons (Fsp3) is 0.0833. The van der Waals surface area contributed by atoms with E-state index in [9.17, 15) is 4.79 Å². The molecule has 0 N–H and O–H groups in total. The summed E-state index contributed by atoms with van der Waals surface area (Å²) in [6.45, 7) is 0. The zero-order chi connectivity index (χ0) is 11.2. The molecule has 1 aromatic carbocycles. The summed E-state index contributed by atoms with van der Waals surface area (Å²) in [5.74, 6) is 0.393. The van der Waals surface area contributed by atoms with E-state index < -0.39 is 0 Å². The number of benzene rings is 1. The number of aromatic nitrogens is 2. The highest BCUT2D eigenvalue weighted by molar-refractivity contribution is 8.00. The lowest BCUT2D eigenvalue weighted by Crippen LogP contribution is -2.05. The van der Waals surface area contributed by atoms with Gasteiger partial charge in [0.2, 0.25) is 0 Å². The number of nitrogens with zero attached hydrogens (tertiary/aromatic N) is 2. The van der Waals surface area contributed by atoms with E-state index in [1.54, 1.807) is 6.20 Å². The van der Waals surface area contributed by atoms with Gasteiger partial charge >= 0.3 is 0 Å². The number of hydrogen-bond donors (Lipinski definition) is 0. The average Bonchev–Trinajstić information content (AvgIpc) is 2.38. The minimum Gasteiger partial charge on any atom is -0.291 e. The Labute approximate surface area is 97.9 Å². The van der Waals surface area contributed by atoms with Crippen molar-refractivity contribution in [3.8, 4) is 0 Å². The first-order chi connectivity index (χ1) is 7.86. The quantitative estimate of drug-likeness (QED) is 0.597. The molecule has 4 heteroatoms. The Morgan fingerprint density at radius 2 is 2.00 bits per heavy atom. The van der Waals surface area contributed by atoms with E-state index in [0.717, 1.165) is 4.90 Å². The maximum absolute atomic E-state index is 11.7. The van der Waals surface area contributed by atoms with Crippen LogP contribution < -0.4 is 0 Å². The van der Waals surface area contributed by atoms with Gasteiger partial charge in [-0.2, -0.15) is 0 Å². The highest BCUT2D eigenvalue weighted by Gasteiger charge is 2.07. The van der Waals surface area contributed by atoms with Crippen molar-refractivity contribution in [3.63, 3.8) is 0 Å². The SMILES string of the molecule is O=C(CSc1ccccc1)c1cnccn1. The zero-order valence-corrected chi connectivity index (χ0v) is 9.35. The van der Waals surface area contributed by atoms with Gasteiger partial charge in [0, 0.05) is 17.3 Å². The van der Waals surface area contributed by atoms with Gasteiger partial charge < -0.3 is 0 Å². The Bertz CT molecular complexity index is 459. The summed E-state index contributed by atoms with van der Waals surface area (Å²) in [7, 11) is 0. The van der Waals surface area contributed by atoms with Gasteiger partial charge in [-0.3, -0.25) is 9.78 Å². The lowest BCUT2D eigenvalue weighted by molar-refractivity contribution is 0.101. The van der Waals surface area contributed by atoms with Crippen LogP contribution in [-0.2, 0) is 0 Å². The molecule has 0 atom stereocenters. The molecule has 0 amide bonds. The number of hydrogen-bond acceptors (Lipinski definition) is 4. The second-order valence-electron chi connectivity index (χ2n) is 3.12. The Kier molecular flexibility index (Phi) is 3.66. The first kappa shape index (κ1) is 10.8. The summed E-state index contributed by atoms with van der Waals surface area (Å²) < 4.78 is 0. The first-order valence-corrected chi connectivity index (χ1v) is 5.82. The average molecular weight is 230 g/mol. The van der Waals surface area contributed by atoms with Crippen molar-refractivity contribution in [2.75, 3.05) is 5.75 Å². The summed E-state index contributed by atoms with van der Waals surface area (Å²) in [4.78, 5) is 20.6. The summed E-state index contributed by atoms with van der Waals surface area (Å²) in [6.07, 6.45) is 4.58. The molecule has 2 rings (SSSR count). The monoisotopic (exact) mass is 230 g/mol. The Morgan fingerprint density at radius 1 is 1.19 bits per heavy atom. The number of carbonyl (C=O) groups excluding carboxylic acids is 1. The minimum absolute atomic E-state index is 0.00181. The van der Waals surface area contributed by atoms with Crippen LogP contribution in [0, 0.1) is 0 Å². The van der Waals surface area contributed by atoms with Gasteiger partial charge in [0.25, 0.3) is 0 Å². The third-order valence-electron chi connectivity index (χ3n) is 1.96. The molecule has 3 nitrogen and oxygen atoms in total. The molecule has 0 saturated carbocycles. The Balaban J connectivity index is 1.95. The fourth-order valence-corrected chi connectivity index (χ4v) is 1.98. The molecule has 16 heavy (non-hydrogen) atoms. The van der Waals surface area contributed by atoms with E-state index >= 15 is 0 Å². The van der Waals surface area contributed by atoms with Crippen LogP contribution >= 0.6 is 11.8 Å². The Morgan fingerprint density at radius 3 is 2.69 bits per heavy atom. The normalized spacial score (nSPS) is 10.0. The Hall–Kier alpha value is -1.68. The van der Waals surface area contributed by atoms with Crippen molar-refractivity contribution in [1.29, 1.82) is 0 Å². The topological polar surface area (TPSA) is 42.9 Å². The molecule has 1 heterocycles. The van der Waals surface area contributed by atoms with E-state index in [2.05, 4.69) is 9.97 Å². The van der Waals surface area contributed by atoms with Gasteiger partial charge in [-0.15, -0.1) is 11.8 Å². The molecule has 0 aliphatic rings. The molecule has 0 unspecified atom stereocenters. The number of ketones is 1. The lowest BCUT2D eigenvalue weighted by atomic mass is 10.3. The van der Waals surface area contributed by atoms with E-state index in [4.69, 9.17) is 0 Å². The summed E-state index contributed by atoms with van der Waals surface area (Å²) in [6, 6.07) is 9.82. The summed E-state index contributed by atoms with van der Waals surface area (Å²) in [5, 5.41) is 0. The second kappa shape index (κ2) is 5.42. The van der Waals surface area contributed by atoms with Crippen LogP contribution in [0.15, 0.2) is 53.8 Å². The third-order valence-corrected chi connectivity index (χ3v) is 2.97. The molecule has 0 fully saturated rings. The minimum atomic E-state index is 0.00181. The third kappa shape index (κ3) is 2.90. The molecule has 0 saturated heterocycles. The number of Topliss-reactive ketones (excluding diaryl/α,β-unsaturated/α-hetero) is 1. The molecule has 0 aliphatic carbocycles. The van der Waals surface area contributed by atoms with Gasteiger partial charge in [0.05, 0.1) is 11.9 Å². The molecule has 0 aliphatic heterocycles. The molecule has 80 valence electrons. The van der Waals surface area contributed by atoms with Gasteiger partial charge in [-0.1, -0.05) is 18.2 Å². The number of rotatable bonds is 4. The molecular formula is C12H10N2OS. The first-order valence-electron chi connectivity index (χ1n) is 4.83. The smallest absolute Gasteiger partial charge is 0.192 e. The molecular weight excluding hydrogens is 220 g/mol. The maximum Gasteiger partial charge on any atom is 0.192 e. The van der Waals surface area contributed by atoms with Gasteiger partial charge in [-0.05, 0) is 12.1 Å². The van der Waals surface area contributed by atoms with Crippen LogP contribution in [0.2, 0.25) is 0 Å². The number of carbonyl (C=O) groups is 1. The van der Waals surface area contributed by atoms with Gasteiger partial charge in [0.15, 0.2) is 5.78 Å². The predicted molar refractivity (Wildman–Crippen MR) is 63.5 cm³/mol. The fourth-order valence-electron chi connectivity index (χ4n) is 1.18. The maximum atomic E-state index is 11.7. The van der Waals surface area contributed by atoms with Crippen molar-refractivity contribution in [2.45, 2.75) is 4.90 Å². The van der Waals surface area contributed by atoms with Crippen molar-refractivity contribution in [2.24, 2.45) is 0 Å². The summed E-state index contributed by atoms with van der Waals surface area (Å²) >= 11 is 1.51. The van der Waals surface area contributed by atoms with Crippen LogP contribution in [0.3, 0.4) is 0 Å². The van der Waals surface area contributed by atoms with Crippen LogP contribution in [0.4, 0.5) is 0 Å². The van der Waals surface area contributed by atoms with E-state index in [1.165, 1.54) is 24.2 Å². The van der Waals surface area contributed by atoms with E-state index in [1.807, 2.05) is 30.3 Å². The van der Waals surface area contributed by atoms with E-state index in [0.29, 0.717) is 11.4 Å². The van der Waals surface area contributed by atoms with Gasteiger partial charge in [0.1, 0.15) is 5.69 Å². The van der Waals surface area contributed by atoms with Crippen molar-refractivity contribution >= 4 is 17.5 Å².